The number of rotatable bonds is 3. The molecule has 2 aliphatic heterocycles. The van der Waals surface area contributed by atoms with Gasteiger partial charge in [0.15, 0.2) is 5.96 Å². The maximum Gasteiger partial charge on any atom is 0.219 e. The standard InChI is InChI=1S/C14H26N4O2.HI/c1-3-15-14(16-11-13-5-4-10-20-13)18-8-6-17(7-9-18)12(2)19;/h13H,3-11H2,1-2H3,(H,15,16);1H. The Balaban J connectivity index is 0.00000220. The quantitative estimate of drug-likeness (QED) is 0.427. The van der Waals surface area contributed by atoms with Crippen molar-refractivity contribution in [1.29, 1.82) is 0 Å². The van der Waals surface area contributed by atoms with Crippen molar-refractivity contribution in [3.8, 4) is 0 Å². The largest absolute Gasteiger partial charge is 0.376 e. The highest BCUT2D eigenvalue weighted by Gasteiger charge is 2.21. The normalized spacial score (nSPS) is 23.0. The minimum absolute atomic E-state index is 0. The van der Waals surface area contributed by atoms with Crippen LogP contribution in [0.25, 0.3) is 0 Å². The molecule has 0 spiro atoms. The second kappa shape index (κ2) is 9.45. The number of guanidine groups is 1. The van der Waals surface area contributed by atoms with E-state index < -0.39 is 0 Å². The van der Waals surface area contributed by atoms with Crippen LogP contribution >= 0.6 is 24.0 Å². The third-order valence-corrected chi connectivity index (χ3v) is 3.83. The van der Waals surface area contributed by atoms with Crippen molar-refractivity contribution in [2.75, 3.05) is 45.9 Å². The van der Waals surface area contributed by atoms with Crippen molar-refractivity contribution in [3.63, 3.8) is 0 Å². The molecule has 122 valence electrons. The molecule has 0 aliphatic carbocycles. The number of ether oxygens (including phenoxy) is 1. The van der Waals surface area contributed by atoms with E-state index in [0.29, 0.717) is 0 Å². The van der Waals surface area contributed by atoms with Gasteiger partial charge < -0.3 is 19.9 Å². The summed E-state index contributed by atoms with van der Waals surface area (Å²) in [6.45, 7) is 9.41. The Bertz CT molecular complexity index is 351. The van der Waals surface area contributed by atoms with E-state index in [0.717, 1.165) is 64.7 Å². The summed E-state index contributed by atoms with van der Waals surface area (Å²) >= 11 is 0. The van der Waals surface area contributed by atoms with Crippen LogP contribution in [0.3, 0.4) is 0 Å². The Morgan fingerprint density at radius 2 is 1.95 bits per heavy atom. The number of aliphatic imine (C=N–C) groups is 1. The smallest absolute Gasteiger partial charge is 0.219 e. The Hall–Kier alpha value is -0.570. The van der Waals surface area contributed by atoms with Gasteiger partial charge in [-0.1, -0.05) is 0 Å². The Labute approximate surface area is 144 Å². The molecule has 0 aromatic carbocycles. The van der Waals surface area contributed by atoms with Crippen molar-refractivity contribution >= 4 is 35.8 Å². The molecule has 0 saturated carbocycles. The Kier molecular flexibility index (Phi) is 8.31. The average Bonchev–Trinajstić information content (AvgIpc) is 2.97. The molecule has 0 radical (unpaired) electrons. The molecule has 2 aliphatic rings. The van der Waals surface area contributed by atoms with Crippen LogP contribution in [-0.4, -0.2) is 73.6 Å². The number of carbonyl (C=O) groups excluding carboxylic acids is 1. The van der Waals surface area contributed by atoms with E-state index in [1.165, 1.54) is 0 Å². The second-order valence-electron chi connectivity index (χ2n) is 5.32. The van der Waals surface area contributed by atoms with Gasteiger partial charge in [-0.25, -0.2) is 0 Å². The molecular weight excluding hydrogens is 383 g/mol. The van der Waals surface area contributed by atoms with E-state index in [9.17, 15) is 4.79 Å². The van der Waals surface area contributed by atoms with Gasteiger partial charge >= 0.3 is 0 Å². The van der Waals surface area contributed by atoms with Gasteiger partial charge in [0, 0.05) is 46.3 Å². The Morgan fingerprint density at radius 1 is 1.29 bits per heavy atom. The monoisotopic (exact) mass is 410 g/mol. The lowest BCUT2D eigenvalue weighted by atomic mass is 10.2. The number of nitrogens with zero attached hydrogens (tertiary/aromatic N) is 3. The summed E-state index contributed by atoms with van der Waals surface area (Å²) in [5.74, 6) is 1.11. The summed E-state index contributed by atoms with van der Waals surface area (Å²) in [7, 11) is 0. The Morgan fingerprint density at radius 3 is 2.48 bits per heavy atom. The number of halogens is 1. The van der Waals surface area contributed by atoms with Gasteiger partial charge in [-0.2, -0.15) is 0 Å². The topological polar surface area (TPSA) is 57.2 Å². The van der Waals surface area contributed by atoms with Gasteiger partial charge in [0.05, 0.1) is 12.6 Å². The first kappa shape index (κ1) is 18.5. The number of piperazine rings is 1. The summed E-state index contributed by atoms with van der Waals surface area (Å²) in [6.07, 6.45) is 2.54. The summed E-state index contributed by atoms with van der Waals surface area (Å²) in [6, 6.07) is 0. The summed E-state index contributed by atoms with van der Waals surface area (Å²) in [5, 5.41) is 3.34. The average molecular weight is 410 g/mol. The third kappa shape index (κ3) is 5.61. The van der Waals surface area contributed by atoms with Gasteiger partial charge in [0.2, 0.25) is 5.91 Å². The number of nitrogens with one attached hydrogen (secondary N) is 1. The van der Waals surface area contributed by atoms with Crippen LogP contribution in [0, 0.1) is 0 Å². The minimum atomic E-state index is 0. The van der Waals surface area contributed by atoms with Gasteiger partial charge in [-0.15, -0.1) is 24.0 Å². The predicted molar refractivity (Wildman–Crippen MR) is 94.2 cm³/mol. The molecule has 1 atom stereocenters. The zero-order chi connectivity index (χ0) is 14.4. The highest BCUT2D eigenvalue weighted by Crippen LogP contribution is 2.12. The molecule has 21 heavy (non-hydrogen) atoms. The number of hydrogen-bond acceptors (Lipinski definition) is 3. The van der Waals surface area contributed by atoms with Crippen LogP contribution in [0.4, 0.5) is 0 Å². The molecule has 0 bridgehead atoms. The number of amides is 1. The van der Waals surface area contributed by atoms with E-state index in [2.05, 4.69) is 17.1 Å². The zero-order valence-corrected chi connectivity index (χ0v) is 15.3. The first-order valence-electron chi connectivity index (χ1n) is 7.61. The lowest BCUT2D eigenvalue weighted by Crippen LogP contribution is -2.53. The first-order valence-corrected chi connectivity index (χ1v) is 7.61. The lowest BCUT2D eigenvalue weighted by molar-refractivity contribution is -0.130. The molecule has 2 heterocycles. The fourth-order valence-corrected chi connectivity index (χ4v) is 2.64. The fraction of sp³-hybridized carbons (Fsp3) is 0.857. The molecule has 2 saturated heterocycles. The number of carbonyl (C=O) groups is 1. The lowest BCUT2D eigenvalue weighted by Gasteiger charge is -2.36. The van der Waals surface area contributed by atoms with E-state index in [-0.39, 0.29) is 36.0 Å². The highest BCUT2D eigenvalue weighted by atomic mass is 127. The van der Waals surface area contributed by atoms with Crippen LogP contribution in [0.1, 0.15) is 26.7 Å². The van der Waals surface area contributed by atoms with Crippen molar-refractivity contribution in [2.45, 2.75) is 32.8 Å². The molecule has 0 aromatic heterocycles. The van der Waals surface area contributed by atoms with Crippen molar-refractivity contribution in [1.82, 2.24) is 15.1 Å². The predicted octanol–water partition coefficient (Wildman–Crippen LogP) is 0.913. The van der Waals surface area contributed by atoms with Gasteiger partial charge in [-0.05, 0) is 19.8 Å². The third-order valence-electron chi connectivity index (χ3n) is 3.83. The maximum absolute atomic E-state index is 11.3. The molecule has 0 aromatic rings. The first-order chi connectivity index (χ1) is 9.70. The van der Waals surface area contributed by atoms with Gasteiger partial charge in [0.1, 0.15) is 0 Å². The summed E-state index contributed by atoms with van der Waals surface area (Å²) in [5.41, 5.74) is 0. The minimum Gasteiger partial charge on any atom is -0.376 e. The van der Waals surface area contributed by atoms with Crippen molar-refractivity contribution in [3.05, 3.63) is 0 Å². The highest BCUT2D eigenvalue weighted by molar-refractivity contribution is 14.0. The molecule has 6 nitrogen and oxygen atoms in total. The molecule has 2 rings (SSSR count). The molecule has 1 unspecified atom stereocenters. The van der Waals surface area contributed by atoms with Crippen LogP contribution in [0.5, 0.6) is 0 Å². The van der Waals surface area contributed by atoms with Gasteiger partial charge in [-0.3, -0.25) is 9.79 Å². The number of hydrogen-bond donors (Lipinski definition) is 1. The fourth-order valence-electron chi connectivity index (χ4n) is 2.64. The second-order valence-corrected chi connectivity index (χ2v) is 5.32. The molecule has 1 N–H and O–H groups in total. The van der Waals surface area contributed by atoms with E-state index in [1.54, 1.807) is 6.92 Å². The van der Waals surface area contributed by atoms with E-state index >= 15 is 0 Å². The molecule has 7 heteroatoms. The van der Waals surface area contributed by atoms with Crippen molar-refractivity contribution in [2.24, 2.45) is 4.99 Å². The molecule has 2 fully saturated rings. The maximum atomic E-state index is 11.3. The van der Waals surface area contributed by atoms with E-state index in [4.69, 9.17) is 9.73 Å². The van der Waals surface area contributed by atoms with Crippen LogP contribution < -0.4 is 5.32 Å². The summed E-state index contributed by atoms with van der Waals surface area (Å²) in [4.78, 5) is 20.2. The van der Waals surface area contributed by atoms with E-state index in [1.807, 2.05) is 4.90 Å². The molecular formula is C14H27IN4O2. The van der Waals surface area contributed by atoms with Gasteiger partial charge in [0.25, 0.3) is 0 Å². The van der Waals surface area contributed by atoms with Crippen LogP contribution in [-0.2, 0) is 9.53 Å². The zero-order valence-electron chi connectivity index (χ0n) is 13.0. The van der Waals surface area contributed by atoms with Crippen LogP contribution in [0.2, 0.25) is 0 Å². The van der Waals surface area contributed by atoms with Crippen LogP contribution in [0.15, 0.2) is 4.99 Å². The van der Waals surface area contributed by atoms with Crippen molar-refractivity contribution < 1.29 is 9.53 Å². The molecule has 1 amide bonds. The SMILES string of the molecule is CCNC(=NCC1CCCO1)N1CCN(C(C)=O)CC1.I. The summed E-state index contributed by atoms with van der Waals surface area (Å²) < 4.78 is 5.61.